The summed E-state index contributed by atoms with van der Waals surface area (Å²) < 4.78 is 41.7. The number of amides is 2. The fourth-order valence-corrected chi connectivity index (χ4v) is 9.89. The molecular formula is C43H58Cl2N4O14. The lowest BCUT2D eigenvalue weighted by molar-refractivity contribution is -0.296. The first-order chi connectivity index (χ1) is 29.6. The molecule has 5 aliphatic rings. The molecule has 1 saturated carbocycles. The molecule has 6 rings (SSSR count). The fraction of sp³-hybridized carbons (Fsp3) is 0.651. The molecule has 2 saturated heterocycles. The highest BCUT2D eigenvalue weighted by Crippen LogP contribution is 2.48. The van der Waals surface area contributed by atoms with Crippen molar-refractivity contribution in [2.75, 3.05) is 7.11 Å². The Balaban J connectivity index is 1.27. The van der Waals surface area contributed by atoms with E-state index in [0.717, 1.165) is 5.57 Å². The minimum Gasteiger partial charge on any atom is -0.510 e. The van der Waals surface area contributed by atoms with Crippen LogP contribution in [0.25, 0.3) is 0 Å². The minimum absolute atomic E-state index is 0.0146. The van der Waals surface area contributed by atoms with Gasteiger partial charge in [0.1, 0.15) is 29.3 Å². The summed E-state index contributed by atoms with van der Waals surface area (Å²) in [6.45, 7) is 15.5. The molecule has 348 valence electrons. The third kappa shape index (κ3) is 9.55. The van der Waals surface area contributed by atoms with E-state index in [0.29, 0.717) is 25.0 Å². The zero-order valence-electron chi connectivity index (χ0n) is 36.5. The van der Waals surface area contributed by atoms with Crippen LogP contribution >= 0.6 is 23.2 Å². The molecule has 0 radical (unpaired) electrons. The number of hydrogen-bond donors (Lipinski definition) is 6. The van der Waals surface area contributed by atoms with Gasteiger partial charge in [0.05, 0.1) is 34.4 Å². The number of halogens is 2. The summed E-state index contributed by atoms with van der Waals surface area (Å²) in [5.74, 6) is -4.19. The van der Waals surface area contributed by atoms with E-state index in [4.69, 9.17) is 62.1 Å². The number of hydrogen-bond acceptors (Lipinski definition) is 15. The highest BCUT2D eigenvalue weighted by Gasteiger charge is 2.55. The summed E-state index contributed by atoms with van der Waals surface area (Å²) in [6, 6.07) is -1.01. The summed E-state index contributed by atoms with van der Waals surface area (Å²) in [6.07, 6.45) is -6.75. The van der Waals surface area contributed by atoms with Gasteiger partial charge < -0.3 is 64.5 Å². The van der Waals surface area contributed by atoms with Crippen molar-refractivity contribution in [2.24, 2.45) is 34.4 Å². The largest absolute Gasteiger partial charge is 0.510 e. The molecular weight excluding hydrogens is 867 g/mol. The van der Waals surface area contributed by atoms with Crippen LogP contribution in [-0.4, -0.2) is 130 Å². The van der Waals surface area contributed by atoms with Crippen molar-refractivity contribution < 1.29 is 67.7 Å². The summed E-state index contributed by atoms with van der Waals surface area (Å²) >= 11 is 12.5. The third-order valence-electron chi connectivity index (χ3n) is 12.8. The number of aliphatic hydroxyl groups is 3. The van der Waals surface area contributed by atoms with Crippen LogP contribution < -0.4 is 11.1 Å². The number of fused-ring (bicyclic) bond motifs is 1. The number of primary amides is 1. The van der Waals surface area contributed by atoms with Gasteiger partial charge in [-0.25, -0.2) is 9.79 Å². The minimum atomic E-state index is -1.90. The van der Waals surface area contributed by atoms with Gasteiger partial charge in [-0.1, -0.05) is 61.4 Å². The molecule has 3 fully saturated rings. The Morgan fingerprint density at radius 3 is 2.40 bits per heavy atom. The maximum atomic E-state index is 14.2. The molecule has 63 heavy (non-hydrogen) atoms. The standard InChI is InChI=1S/C43H58Cl2N4O14/c1-16(2)34-33(52)31(49-41(62-34)38-36(57-9)37(60-22(8)50)35(19(5)59-38)63-42(46)55)32(51)24-12-10-11-23-25(14-13-17(3)27(23)24)61-26-15-43(56,39(53)20(6)58-26)21(7)48-40(54)30-29(45)28(44)18(4)47-30/h10-11,16,19-21,23-27,34-39,47,51,53,56H,3,12-15H2,1-2,4-9H3,(H2,46,55)(H,48,54)/b32-31-. The second-order valence-corrected chi connectivity index (χ2v) is 18.1. The fourth-order valence-electron chi connectivity index (χ4n) is 9.47. The average molecular weight is 926 g/mol. The summed E-state index contributed by atoms with van der Waals surface area (Å²) in [5, 5.41) is 38.4. The maximum Gasteiger partial charge on any atom is 0.405 e. The van der Waals surface area contributed by atoms with Gasteiger partial charge in [0.15, 0.2) is 36.4 Å². The van der Waals surface area contributed by atoms with Crippen molar-refractivity contribution in [3.8, 4) is 0 Å². The van der Waals surface area contributed by atoms with E-state index in [2.05, 4.69) is 21.9 Å². The molecule has 0 bridgehead atoms. The Labute approximate surface area is 375 Å². The maximum absolute atomic E-state index is 14.2. The number of allylic oxidation sites excluding steroid dienone is 3. The lowest BCUT2D eigenvalue weighted by Gasteiger charge is -2.49. The number of ether oxygens (including phenoxy) is 7. The molecule has 15 atom stereocenters. The number of aromatic nitrogens is 1. The summed E-state index contributed by atoms with van der Waals surface area (Å²) in [4.78, 5) is 58.9. The molecule has 7 N–H and O–H groups in total. The number of nitrogens with one attached hydrogen (secondary N) is 2. The van der Waals surface area contributed by atoms with Gasteiger partial charge in [0.25, 0.3) is 5.91 Å². The highest BCUT2D eigenvalue weighted by atomic mass is 35.5. The van der Waals surface area contributed by atoms with Gasteiger partial charge in [-0.05, 0) is 58.8 Å². The number of carbonyl (C=O) groups is 4. The van der Waals surface area contributed by atoms with E-state index in [-0.39, 0.29) is 45.4 Å². The summed E-state index contributed by atoms with van der Waals surface area (Å²) in [5.41, 5.74) is 4.52. The van der Waals surface area contributed by atoms with Crippen molar-refractivity contribution in [1.82, 2.24) is 10.3 Å². The predicted molar refractivity (Wildman–Crippen MR) is 227 cm³/mol. The van der Waals surface area contributed by atoms with Crippen LogP contribution in [0, 0.1) is 30.6 Å². The van der Waals surface area contributed by atoms with Crippen LogP contribution in [0.3, 0.4) is 0 Å². The first kappa shape index (κ1) is 48.4. The van der Waals surface area contributed by atoms with E-state index in [1.54, 1.807) is 41.5 Å². The lowest BCUT2D eigenvalue weighted by Crippen LogP contribution is -2.66. The monoisotopic (exact) mass is 924 g/mol. The molecule has 15 unspecified atom stereocenters. The zero-order chi connectivity index (χ0) is 46.4. The number of aromatic amines is 1. The second kappa shape index (κ2) is 19.2. The number of carbonyl (C=O) groups excluding carboxylic acids is 4. The first-order valence-corrected chi connectivity index (χ1v) is 21.8. The van der Waals surface area contributed by atoms with Crippen LogP contribution in [0.2, 0.25) is 10.0 Å². The van der Waals surface area contributed by atoms with E-state index in [1.807, 2.05) is 12.2 Å². The Hall–Kier alpha value is -4.01. The van der Waals surface area contributed by atoms with Crippen molar-refractivity contribution >= 4 is 52.9 Å². The molecule has 20 heteroatoms. The van der Waals surface area contributed by atoms with Gasteiger partial charge in [0.2, 0.25) is 11.7 Å². The van der Waals surface area contributed by atoms with Crippen LogP contribution in [0.15, 0.2) is 40.8 Å². The number of aliphatic imine (C=N–C) groups is 1. The Morgan fingerprint density at radius 1 is 1.10 bits per heavy atom. The third-order valence-corrected chi connectivity index (χ3v) is 13.7. The molecule has 2 amide bonds. The number of aryl methyl sites for hydroxylation is 1. The molecule has 1 aromatic heterocycles. The molecule has 1 aromatic rings. The quantitative estimate of drug-likeness (QED) is 0.0773. The van der Waals surface area contributed by atoms with Crippen molar-refractivity contribution in [3.05, 3.63) is 57.2 Å². The van der Waals surface area contributed by atoms with E-state index in [1.165, 1.54) is 14.0 Å². The summed E-state index contributed by atoms with van der Waals surface area (Å²) in [7, 11) is 1.33. The normalized spacial score (nSPS) is 37.0. The first-order valence-electron chi connectivity index (χ1n) is 21.0. The van der Waals surface area contributed by atoms with Crippen LogP contribution in [-0.2, 0) is 42.7 Å². The number of H-pyrrole nitrogens is 1. The van der Waals surface area contributed by atoms with Gasteiger partial charge >= 0.3 is 12.1 Å². The van der Waals surface area contributed by atoms with Gasteiger partial charge in [0, 0.05) is 38.0 Å². The van der Waals surface area contributed by atoms with E-state index in [9.17, 15) is 34.5 Å². The number of esters is 1. The zero-order valence-corrected chi connectivity index (χ0v) is 38.0. The van der Waals surface area contributed by atoms with Gasteiger partial charge in [-0.15, -0.1) is 0 Å². The molecule has 0 aromatic carbocycles. The Bertz CT molecular complexity index is 2060. The smallest absolute Gasteiger partial charge is 0.405 e. The van der Waals surface area contributed by atoms with Gasteiger partial charge in [-0.2, -0.15) is 0 Å². The molecule has 3 aliphatic heterocycles. The van der Waals surface area contributed by atoms with E-state index >= 15 is 0 Å². The van der Waals surface area contributed by atoms with Gasteiger partial charge in [-0.3, -0.25) is 14.4 Å². The van der Waals surface area contributed by atoms with Crippen LogP contribution in [0.5, 0.6) is 0 Å². The molecule has 18 nitrogen and oxygen atoms in total. The number of rotatable bonds is 11. The number of aliphatic hydroxyl groups excluding tert-OH is 2. The van der Waals surface area contributed by atoms with Crippen LogP contribution in [0.1, 0.15) is 83.4 Å². The van der Waals surface area contributed by atoms with Crippen molar-refractivity contribution in [3.63, 3.8) is 0 Å². The number of methoxy groups -OCH3 is 1. The SMILES string of the molecule is C=C1CCC(OC2CC(O)(C(C)NC(=O)c3[nH]c(C)c(Cl)c3Cl)C(O)C(C)O2)C2C=CCC(/C(O)=C3/N=C(C4OC(C)C(OC(N)=O)C(OC(C)=O)C4OC)OC(C(C)C)C3=O)C12. The number of nitrogens with two attached hydrogens (primary N) is 1. The topological polar surface area (TPSA) is 260 Å². The molecule has 4 heterocycles. The van der Waals surface area contributed by atoms with E-state index < -0.39 is 114 Å². The highest BCUT2D eigenvalue weighted by molar-refractivity contribution is 6.44. The number of Topliss-reactive ketones (excluding diaryl/α,β-unsaturated/α-hetero) is 1. The number of ketones is 1. The Morgan fingerprint density at radius 2 is 1.79 bits per heavy atom. The Kier molecular flexibility index (Phi) is 14.8. The second-order valence-electron chi connectivity index (χ2n) is 17.4. The number of nitrogens with zero attached hydrogens (tertiary/aromatic N) is 1. The predicted octanol–water partition coefficient (Wildman–Crippen LogP) is 4.51. The average Bonchev–Trinajstić information content (AvgIpc) is 3.48. The van der Waals surface area contributed by atoms with Crippen molar-refractivity contribution in [1.29, 1.82) is 0 Å². The van der Waals surface area contributed by atoms with Crippen molar-refractivity contribution in [2.45, 2.75) is 147 Å². The van der Waals surface area contributed by atoms with Crippen LogP contribution in [0.4, 0.5) is 4.79 Å². The lowest BCUT2D eigenvalue weighted by atomic mass is 9.64. The molecule has 0 spiro atoms. The molecule has 2 aliphatic carbocycles.